The molecule has 8 heteroatoms. The fourth-order valence-corrected chi connectivity index (χ4v) is 2.86. The zero-order chi connectivity index (χ0) is 22.0. The predicted molar refractivity (Wildman–Crippen MR) is 109 cm³/mol. The summed E-state index contributed by atoms with van der Waals surface area (Å²) in [5.74, 6) is 0.406. The Balaban J connectivity index is 2.25. The molecule has 0 bridgehead atoms. The van der Waals surface area contributed by atoms with Crippen LogP contribution in [0.3, 0.4) is 0 Å². The molecule has 0 radical (unpaired) electrons. The Labute approximate surface area is 172 Å². The average Bonchev–Trinajstić information content (AvgIpc) is 2.60. The lowest BCUT2D eigenvalue weighted by Crippen LogP contribution is -2.60. The van der Waals surface area contributed by atoms with Gasteiger partial charge in [-0.05, 0) is 59.2 Å². The van der Waals surface area contributed by atoms with E-state index in [0.29, 0.717) is 18.0 Å². The molecule has 1 heterocycles. The summed E-state index contributed by atoms with van der Waals surface area (Å²) < 4.78 is 17.1. The lowest BCUT2D eigenvalue weighted by molar-refractivity contribution is -0.277. The fourth-order valence-electron chi connectivity index (χ4n) is 2.86. The zero-order valence-electron chi connectivity index (χ0n) is 18.0. The van der Waals surface area contributed by atoms with Crippen molar-refractivity contribution in [2.75, 3.05) is 11.9 Å². The molecule has 1 aromatic rings. The molecule has 5 unspecified atom stereocenters. The van der Waals surface area contributed by atoms with Gasteiger partial charge < -0.3 is 40.0 Å². The smallest absolute Gasteiger partial charge is 0.229 e. The molecule has 0 aliphatic carbocycles. The number of ether oxygens (including phenoxy) is 3. The minimum absolute atomic E-state index is 0.267. The Morgan fingerprint density at radius 2 is 1.66 bits per heavy atom. The highest BCUT2D eigenvalue weighted by molar-refractivity contribution is 5.59. The third-order valence-corrected chi connectivity index (χ3v) is 4.32. The molecule has 0 spiro atoms. The van der Waals surface area contributed by atoms with E-state index in [4.69, 9.17) is 14.2 Å². The average molecular weight is 414 g/mol. The second kappa shape index (κ2) is 9.16. The van der Waals surface area contributed by atoms with Crippen molar-refractivity contribution in [2.45, 2.75) is 90.0 Å². The van der Waals surface area contributed by atoms with E-state index in [1.54, 1.807) is 6.07 Å². The van der Waals surface area contributed by atoms with Crippen molar-refractivity contribution >= 4 is 5.69 Å². The number of aliphatic hydroxyl groups is 4. The third kappa shape index (κ3) is 6.80. The summed E-state index contributed by atoms with van der Waals surface area (Å²) in [5.41, 5.74) is 1.07. The molecule has 0 amide bonds. The van der Waals surface area contributed by atoms with Crippen LogP contribution in [0.2, 0.25) is 0 Å². The van der Waals surface area contributed by atoms with Crippen LogP contribution in [0.25, 0.3) is 0 Å². The molecule has 1 aliphatic heterocycles. The van der Waals surface area contributed by atoms with Gasteiger partial charge in [-0.2, -0.15) is 0 Å². The van der Waals surface area contributed by atoms with Gasteiger partial charge in [0, 0.05) is 5.54 Å². The maximum Gasteiger partial charge on any atom is 0.229 e. The normalized spacial score (nSPS) is 28.3. The van der Waals surface area contributed by atoms with E-state index in [2.05, 4.69) is 5.32 Å². The van der Waals surface area contributed by atoms with Crippen LogP contribution in [0.15, 0.2) is 18.2 Å². The van der Waals surface area contributed by atoms with Crippen LogP contribution >= 0.6 is 0 Å². The molecule has 0 aromatic heterocycles. The Hall–Kier alpha value is -1.42. The molecule has 8 nitrogen and oxygen atoms in total. The fraction of sp³-hybridized carbons (Fsp3) is 0.714. The van der Waals surface area contributed by atoms with E-state index < -0.39 is 37.3 Å². The highest BCUT2D eigenvalue weighted by Crippen LogP contribution is 2.32. The highest BCUT2D eigenvalue weighted by atomic mass is 16.7. The van der Waals surface area contributed by atoms with Gasteiger partial charge in [0.25, 0.3) is 0 Å². The second-order valence-corrected chi connectivity index (χ2v) is 9.42. The summed E-state index contributed by atoms with van der Waals surface area (Å²) in [7, 11) is 0. The van der Waals surface area contributed by atoms with E-state index in [0.717, 1.165) is 5.56 Å². The number of hydrogen-bond acceptors (Lipinski definition) is 8. The van der Waals surface area contributed by atoms with E-state index >= 15 is 0 Å². The topological polar surface area (TPSA) is 121 Å². The summed E-state index contributed by atoms with van der Waals surface area (Å²) in [6.45, 7) is 11.9. The van der Waals surface area contributed by atoms with Crippen LogP contribution in [-0.4, -0.2) is 68.9 Å². The molecular formula is C21H35NO7. The molecular weight excluding hydrogens is 378 g/mol. The SMILES string of the molecule is CC(C)(C)Nc1cc(COC(C)(C)C)ccc1OC1OC(CO)C(O)C(O)C1O. The maximum absolute atomic E-state index is 10.3. The predicted octanol–water partition coefficient (Wildman–Crippen LogP) is 1.39. The number of anilines is 1. The van der Waals surface area contributed by atoms with Crippen molar-refractivity contribution in [1.82, 2.24) is 0 Å². The Bertz CT molecular complexity index is 666. The minimum Gasteiger partial charge on any atom is -0.460 e. The zero-order valence-corrected chi connectivity index (χ0v) is 18.0. The molecule has 29 heavy (non-hydrogen) atoms. The van der Waals surface area contributed by atoms with Gasteiger partial charge in [-0.1, -0.05) is 6.07 Å². The van der Waals surface area contributed by atoms with Gasteiger partial charge in [0.1, 0.15) is 30.2 Å². The Morgan fingerprint density at radius 1 is 1.00 bits per heavy atom. The molecule has 5 N–H and O–H groups in total. The van der Waals surface area contributed by atoms with E-state index in [1.807, 2.05) is 53.7 Å². The van der Waals surface area contributed by atoms with Crippen LogP contribution in [-0.2, 0) is 16.1 Å². The first-order valence-electron chi connectivity index (χ1n) is 9.83. The van der Waals surface area contributed by atoms with Gasteiger partial charge >= 0.3 is 0 Å². The lowest BCUT2D eigenvalue weighted by Gasteiger charge is -2.40. The molecule has 166 valence electrons. The first-order valence-corrected chi connectivity index (χ1v) is 9.83. The summed E-state index contributed by atoms with van der Waals surface area (Å²) in [4.78, 5) is 0. The summed E-state index contributed by atoms with van der Waals surface area (Å²) in [5, 5.41) is 42.9. The summed E-state index contributed by atoms with van der Waals surface area (Å²) in [6, 6.07) is 5.48. The molecule has 1 fully saturated rings. The van der Waals surface area contributed by atoms with Crippen molar-refractivity contribution in [2.24, 2.45) is 0 Å². The first-order chi connectivity index (χ1) is 13.3. The van der Waals surface area contributed by atoms with Crippen molar-refractivity contribution in [3.8, 4) is 5.75 Å². The van der Waals surface area contributed by atoms with Crippen LogP contribution in [0.5, 0.6) is 5.75 Å². The molecule has 1 aliphatic rings. The monoisotopic (exact) mass is 413 g/mol. The van der Waals surface area contributed by atoms with Gasteiger partial charge in [0.2, 0.25) is 6.29 Å². The maximum atomic E-state index is 10.3. The van der Waals surface area contributed by atoms with Gasteiger partial charge in [0.05, 0.1) is 24.5 Å². The van der Waals surface area contributed by atoms with Crippen LogP contribution in [0, 0.1) is 0 Å². The molecule has 0 saturated carbocycles. The van der Waals surface area contributed by atoms with Crippen molar-refractivity contribution < 1.29 is 34.6 Å². The summed E-state index contributed by atoms with van der Waals surface area (Å²) in [6.07, 6.45) is -6.68. The van der Waals surface area contributed by atoms with Crippen molar-refractivity contribution in [3.63, 3.8) is 0 Å². The molecule has 1 saturated heterocycles. The third-order valence-electron chi connectivity index (χ3n) is 4.32. The number of benzene rings is 1. The minimum atomic E-state index is -1.50. The van der Waals surface area contributed by atoms with Crippen LogP contribution in [0.1, 0.15) is 47.1 Å². The number of rotatable bonds is 6. The standard InChI is InChI=1S/C21H35NO7/c1-20(2,3)22-13-9-12(11-27-21(4,5)6)7-8-14(13)28-19-18(26)17(25)16(24)15(10-23)29-19/h7-9,15-19,22-26H,10-11H2,1-6H3. The van der Waals surface area contributed by atoms with Crippen molar-refractivity contribution in [1.29, 1.82) is 0 Å². The van der Waals surface area contributed by atoms with Crippen LogP contribution < -0.4 is 10.1 Å². The van der Waals surface area contributed by atoms with Gasteiger partial charge in [0.15, 0.2) is 0 Å². The van der Waals surface area contributed by atoms with E-state index in [-0.39, 0.29) is 11.1 Å². The van der Waals surface area contributed by atoms with Gasteiger partial charge in [-0.3, -0.25) is 0 Å². The highest BCUT2D eigenvalue weighted by Gasteiger charge is 2.44. The molecule has 1 aromatic carbocycles. The molecule has 5 atom stereocenters. The number of aliphatic hydroxyl groups excluding tert-OH is 4. The first kappa shape index (κ1) is 23.9. The van der Waals surface area contributed by atoms with E-state index in [1.165, 1.54) is 0 Å². The summed E-state index contributed by atoms with van der Waals surface area (Å²) >= 11 is 0. The largest absolute Gasteiger partial charge is 0.460 e. The Morgan fingerprint density at radius 3 is 2.21 bits per heavy atom. The number of hydrogen-bond donors (Lipinski definition) is 5. The van der Waals surface area contributed by atoms with Crippen LogP contribution in [0.4, 0.5) is 5.69 Å². The Kier molecular flexibility index (Phi) is 7.53. The van der Waals surface area contributed by atoms with Gasteiger partial charge in [-0.25, -0.2) is 0 Å². The number of nitrogens with one attached hydrogen (secondary N) is 1. The lowest BCUT2D eigenvalue weighted by atomic mass is 9.99. The second-order valence-electron chi connectivity index (χ2n) is 9.42. The quantitative estimate of drug-likeness (QED) is 0.475. The molecule has 2 rings (SSSR count). The van der Waals surface area contributed by atoms with E-state index in [9.17, 15) is 20.4 Å². The van der Waals surface area contributed by atoms with Gasteiger partial charge in [-0.15, -0.1) is 0 Å². The van der Waals surface area contributed by atoms with Crippen molar-refractivity contribution in [3.05, 3.63) is 23.8 Å².